The van der Waals surface area contributed by atoms with E-state index in [1.165, 1.54) is 44.9 Å². The molecule has 0 spiro atoms. The summed E-state index contributed by atoms with van der Waals surface area (Å²) in [5.74, 6) is 1.04. The zero-order valence-corrected chi connectivity index (χ0v) is 21.9. The molecule has 6 rings (SSSR count). The van der Waals surface area contributed by atoms with E-state index in [0.717, 1.165) is 6.42 Å². The predicted octanol–water partition coefficient (Wildman–Crippen LogP) is 9.20. The van der Waals surface area contributed by atoms with Crippen LogP contribution in [0.2, 0.25) is 0 Å². The Kier molecular flexibility index (Phi) is 6.13. The van der Waals surface area contributed by atoms with Gasteiger partial charge in [-0.25, -0.2) is 0 Å². The smallest absolute Gasteiger partial charge is 0.270 e. The summed E-state index contributed by atoms with van der Waals surface area (Å²) in [4.78, 5) is 2.86. The Bertz CT molecular complexity index is 1200. The normalized spacial score (nSPS) is 25.6. The first kappa shape index (κ1) is 23.1. The van der Waals surface area contributed by atoms with Crippen LogP contribution in [0.5, 0.6) is 0 Å². The molecule has 0 saturated heterocycles. The van der Waals surface area contributed by atoms with Crippen molar-refractivity contribution in [1.82, 2.24) is 4.81 Å². The van der Waals surface area contributed by atoms with Gasteiger partial charge in [0.25, 0.3) is 6.85 Å². The molecule has 4 unspecified atom stereocenters. The zero-order valence-electron chi connectivity index (χ0n) is 21.9. The molecule has 2 heterocycles. The van der Waals surface area contributed by atoms with Gasteiger partial charge in [0, 0.05) is 23.8 Å². The largest absolute Gasteiger partial charge is 0.325 e. The van der Waals surface area contributed by atoms with Crippen molar-refractivity contribution < 1.29 is 0 Å². The highest BCUT2D eigenvalue weighted by Crippen LogP contribution is 2.58. The third kappa shape index (κ3) is 3.55. The molecule has 0 N–H and O–H groups in total. The van der Waals surface area contributed by atoms with Crippen LogP contribution in [0.25, 0.3) is 11.0 Å². The van der Waals surface area contributed by atoms with Gasteiger partial charge < -0.3 is 4.81 Å². The average molecular weight is 462 g/mol. The summed E-state index contributed by atoms with van der Waals surface area (Å²) >= 11 is 0. The minimum Gasteiger partial charge on any atom is -0.325 e. The van der Waals surface area contributed by atoms with Crippen LogP contribution in [0.4, 0.5) is 0 Å². The number of hydrogen-bond donors (Lipinski definition) is 0. The third-order valence-corrected chi connectivity index (χ3v) is 9.40. The van der Waals surface area contributed by atoms with E-state index in [-0.39, 0.29) is 0 Å². The van der Waals surface area contributed by atoms with Crippen molar-refractivity contribution in [3.8, 4) is 0 Å². The summed E-state index contributed by atoms with van der Waals surface area (Å²) in [5, 5.41) is 0. The van der Waals surface area contributed by atoms with Gasteiger partial charge in [0.1, 0.15) is 0 Å². The van der Waals surface area contributed by atoms with Crippen LogP contribution < -0.4 is 0 Å². The molecule has 0 fully saturated rings. The summed E-state index contributed by atoms with van der Waals surface area (Å²) < 4.78 is 0. The molecule has 0 radical (unpaired) electrons. The number of rotatable bonds is 9. The molecule has 0 bridgehead atoms. The van der Waals surface area contributed by atoms with E-state index >= 15 is 0 Å². The lowest BCUT2D eigenvalue weighted by atomic mass is 9.38. The Hall–Kier alpha value is -2.32. The van der Waals surface area contributed by atoms with E-state index in [1.54, 1.807) is 44.4 Å². The summed E-state index contributed by atoms with van der Waals surface area (Å²) in [5.41, 5.74) is 12.7. The van der Waals surface area contributed by atoms with E-state index in [1.807, 2.05) is 0 Å². The van der Waals surface area contributed by atoms with Crippen molar-refractivity contribution in [3.05, 3.63) is 94.6 Å². The van der Waals surface area contributed by atoms with Crippen molar-refractivity contribution in [3.63, 3.8) is 0 Å². The van der Waals surface area contributed by atoms with E-state index in [4.69, 9.17) is 0 Å². The second kappa shape index (κ2) is 9.28. The maximum Gasteiger partial charge on any atom is 0.270 e. The lowest BCUT2D eigenvalue weighted by Gasteiger charge is -2.50. The van der Waals surface area contributed by atoms with Gasteiger partial charge in [-0.15, -0.1) is 6.58 Å². The van der Waals surface area contributed by atoms with E-state index < -0.39 is 0 Å². The van der Waals surface area contributed by atoms with Crippen LogP contribution in [0, 0.1) is 0 Å². The van der Waals surface area contributed by atoms with Gasteiger partial charge in [-0.05, 0) is 84.9 Å². The molecule has 0 amide bonds. The first-order valence-electron chi connectivity index (χ1n) is 14.2. The maximum atomic E-state index is 3.95. The number of benzene rings is 2. The number of hydrogen-bond acceptors (Lipinski definition) is 1. The van der Waals surface area contributed by atoms with Crippen molar-refractivity contribution in [1.29, 1.82) is 0 Å². The number of nitrogens with zero attached hydrogens (tertiary/aromatic N) is 1. The van der Waals surface area contributed by atoms with Crippen LogP contribution in [0.3, 0.4) is 0 Å². The highest BCUT2D eigenvalue weighted by Gasteiger charge is 2.52. The molecule has 4 atom stereocenters. The Morgan fingerprint density at radius 3 is 2.51 bits per heavy atom. The molecule has 1 nitrogen and oxygen atoms in total. The Morgan fingerprint density at radius 2 is 1.69 bits per heavy atom. The fraction of sp³-hybridized carbons (Fsp3) is 0.455. The molecule has 35 heavy (non-hydrogen) atoms. The maximum absolute atomic E-state index is 3.95. The highest BCUT2D eigenvalue weighted by atomic mass is 15.1. The second-order valence-electron chi connectivity index (χ2n) is 11.3. The fourth-order valence-corrected chi connectivity index (χ4v) is 7.81. The standard InChI is InChI=1S/C33H40BN/c1-5-7-9-11-15-25-21-31-33-27(17-13-19-29(25)33)23(4)35-22(3)26-16-12-18-28-24(14-10-8-6-2)20-30(32(26)28)34(31)35/h6,12-13,16-24,31H,2,5,7-11,14-15H2,1,3-4H3. The van der Waals surface area contributed by atoms with Gasteiger partial charge in [-0.2, -0.15) is 0 Å². The molecule has 2 aromatic carbocycles. The minimum absolute atomic E-state index is 0.437. The molecule has 180 valence electrons. The van der Waals surface area contributed by atoms with E-state index in [9.17, 15) is 0 Å². The third-order valence-electron chi connectivity index (χ3n) is 9.40. The first-order chi connectivity index (χ1) is 17.2. The minimum atomic E-state index is 0.437. The average Bonchev–Trinajstić information content (AvgIpc) is 3.43. The Labute approximate surface area is 213 Å². The fourth-order valence-electron chi connectivity index (χ4n) is 7.81. The molecule has 2 aliphatic carbocycles. The Morgan fingerprint density at radius 1 is 0.914 bits per heavy atom. The predicted molar refractivity (Wildman–Crippen MR) is 152 cm³/mol. The molecule has 0 saturated carbocycles. The first-order valence-corrected chi connectivity index (χ1v) is 14.2. The summed E-state index contributed by atoms with van der Waals surface area (Å²) in [6, 6.07) is 15.2. The topological polar surface area (TPSA) is 3.24 Å². The van der Waals surface area contributed by atoms with Gasteiger partial charge >= 0.3 is 0 Å². The van der Waals surface area contributed by atoms with Crippen molar-refractivity contribution in [2.45, 2.75) is 96.0 Å². The van der Waals surface area contributed by atoms with Crippen LogP contribution in [-0.2, 0) is 0 Å². The number of fused-ring (bicyclic) bond motifs is 3. The molecule has 2 aromatic rings. The monoisotopic (exact) mass is 461 g/mol. The van der Waals surface area contributed by atoms with Gasteiger partial charge in [-0.3, -0.25) is 0 Å². The molecule has 2 heteroatoms. The molecular formula is C33H40BN. The van der Waals surface area contributed by atoms with Gasteiger partial charge in [0.05, 0.1) is 0 Å². The molecule has 4 aliphatic rings. The second-order valence-corrected chi connectivity index (χ2v) is 11.3. The van der Waals surface area contributed by atoms with Gasteiger partial charge in [0.15, 0.2) is 0 Å². The van der Waals surface area contributed by atoms with Crippen LogP contribution in [0.1, 0.15) is 129 Å². The van der Waals surface area contributed by atoms with Crippen molar-refractivity contribution in [2.24, 2.45) is 0 Å². The van der Waals surface area contributed by atoms with E-state index in [0.29, 0.717) is 30.7 Å². The lowest BCUT2D eigenvalue weighted by Crippen LogP contribution is -2.52. The molecule has 2 aliphatic heterocycles. The van der Waals surface area contributed by atoms with Crippen molar-refractivity contribution >= 4 is 17.9 Å². The molecular weight excluding hydrogens is 421 g/mol. The summed E-state index contributed by atoms with van der Waals surface area (Å²) in [6.07, 6.45) is 17.6. The lowest BCUT2D eigenvalue weighted by molar-refractivity contribution is 0.268. The van der Waals surface area contributed by atoms with Crippen LogP contribution in [-0.4, -0.2) is 11.7 Å². The Balaban J connectivity index is 1.44. The zero-order chi connectivity index (χ0) is 24.1. The number of allylic oxidation sites excluding steroid dienone is 4. The van der Waals surface area contributed by atoms with Crippen LogP contribution >= 0.6 is 0 Å². The van der Waals surface area contributed by atoms with Crippen molar-refractivity contribution in [2.75, 3.05) is 0 Å². The number of unbranched alkanes of at least 4 members (excludes halogenated alkanes) is 4. The quantitative estimate of drug-likeness (QED) is 0.204. The van der Waals surface area contributed by atoms with Gasteiger partial charge in [-0.1, -0.05) is 86.3 Å². The highest BCUT2D eigenvalue weighted by molar-refractivity contribution is 6.79. The molecule has 0 aromatic heterocycles. The summed E-state index contributed by atoms with van der Waals surface area (Å²) in [6.45, 7) is 11.6. The summed E-state index contributed by atoms with van der Waals surface area (Å²) in [7, 11) is 0. The van der Waals surface area contributed by atoms with Crippen LogP contribution in [0.15, 0.2) is 61.2 Å². The SMILES string of the molecule is C=CCCCC1C=C2B3C4C=C(CCCCCC)c5cccc(c54)C(C)N3C(C)c3cccc1c32. The van der Waals surface area contributed by atoms with Gasteiger partial charge in [0.2, 0.25) is 0 Å². The van der Waals surface area contributed by atoms with E-state index in [2.05, 4.69) is 86.8 Å².